The first-order valence-corrected chi connectivity index (χ1v) is 12.7. The number of likely N-dealkylation sites (tertiary alicyclic amines) is 1. The summed E-state index contributed by atoms with van der Waals surface area (Å²) in [5, 5.41) is 14.7. The van der Waals surface area contributed by atoms with Gasteiger partial charge in [0.25, 0.3) is 10.0 Å². The lowest BCUT2D eigenvalue weighted by Gasteiger charge is -2.34. The Balaban J connectivity index is 1.64. The molecule has 0 atom stereocenters. The number of rotatable bonds is 6. The van der Waals surface area contributed by atoms with E-state index >= 15 is 0 Å². The number of carbonyl (C=O) groups excluding carboxylic acids is 1. The summed E-state index contributed by atoms with van der Waals surface area (Å²) < 4.78 is 26.7. The molecule has 0 unspecified atom stereocenters. The molecule has 1 aliphatic heterocycles. The van der Waals surface area contributed by atoms with E-state index in [1.54, 1.807) is 29.2 Å². The SMILES string of the molecule is CC1CCN(C(=O)N(Cc2cc#cc(/C(N)=N/O)c2)NS(=O)(=O)c2ccc3ccccc3c2)CC1. The summed E-state index contributed by atoms with van der Waals surface area (Å²) in [7, 11) is -4.07. The number of fused-ring (bicyclic) bond motifs is 1. The third-order valence-corrected chi connectivity index (χ3v) is 7.40. The molecule has 4 rings (SSSR count). The van der Waals surface area contributed by atoms with Crippen LogP contribution in [0.1, 0.15) is 30.9 Å². The molecule has 182 valence electrons. The van der Waals surface area contributed by atoms with Crippen molar-refractivity contribution in [3.05, 3.63) is 77.9 Å². The van der Waals surface area contributed by atoms with Gasteiger partial charge in [-0.2, -0.15) is 0 Å². The predicted octanol–water partition coefficient (Wildman–Crippen LogP) is 3.08. The molecular formula is C25H27N5O4S. The number of amides is 2. The lowest BCUT2D eigenvalue weighted by Crippen LogP contribution is -2.53. The number of carbonyl (C=O) groups is 1. The van der Waals surface area contributed by atoms with Gasteiger partial charge in [-0.15, -0.1) is 4.83 Å². The lowest BCUT2D eigenvalue weighted by atomic mass is 10.00. The lowest BCUT2D eigenvalue weighted by molar-refractivity contribution is 0.124. The normalized spacial score (nSPS) is 15.1. The Kier molecular flexibility index (Phi) is 7.10. The van der Waals surface area contributed by atoms with Crippen LogP contribution in [0, 0.1) is 18.1 Å². The van der Waals surface area contributed by atoms with E-state index in [1.165, 1.54) is 6.07 Å². The molecule has 1 saturated heterocycles. The number of benzene rings is 2. The Labute approximate surface area is 204 Å². The van der Waals surface area contributed by atoms with Crippen LogP contribution in [0.15, 0.2) is 64.6 Å². The smallest absolute Gasteiger partial charge is 0.335 e. The first-order valence-electron chi connectivity index (χ1n) is 11.2. The molecule has 0 bridgehead atoms. The molecule has 4 N–H and O–H groups in total. The van der Waals surface area contributed by atoms with Gasteiger partial charge in [-0.25, -0.2) is 18.2 Å². The molecule has 10 heteroatoms. The molecule has 0 aliphatic carbocycles. The molecule has 0 saturated carbocycles. The molecule has 1 fully saturated rings. The van der Waals surface area contributed by atoms with Gasteiger partial charge in [0, 0.05) is 13.1 Å². The van der Waals surface area contributed by atoms with Crippen molar-refractivity contribution in [1.82, 2.24) is 14.7 Å². The Morgan fingerprint density at radius 3 is 2.63 bits per heavy atom. The van der Waals surface area contributed by atoms with E-state index < -0.39 is 16.1 Å². The first-order chi connectivity index (χ1) is 16.8. The summed E-state index contributed by atoms with van der Waals surface area (Å²) >= 11 is 0. The number of hydrogen-bond acceptors (Lipinski definition) is 5. The highest BCUT2D eigenvalue weighted by Gasteiger charge is 2.29. The summed E-state index contributed by atoms with van der Waals surface area (Å²) in [6.45, 7) is 3.12. The molecule has 1 heterocycles. The first kappa shape index (κ1) is 24.3. The van der Waals surface area contributed by atoms with Crippen molar-refractivity contribution in [3.8, 4) is 0 Å². The highest BCUT2D eigenvalue weighted by atomic mass is 32.2. The van der Waals surface area contributed by atoms with Crippen LogP contribution < -0.4 is 10.6 Å². The molecule has 9 nitrogen and oxygen atoms in total. The Morgan fingerprint density at radius 2 is 1.91 bits per heavy atom. The van der Waals surface area contributed by atoms with Crippen LogP contribution in [0.5, 0.6) is 0 Å². The van der Waals surface area contributed by atoms with Crippen molar-refractivity contribution in [2.75, 3.05) is 13.1 Å². The number of amidine groups is 1. The number of nitrogens with one attached hydrogen (secondary N) is 1. The van der Waals surface area contributed by atoms with Gasteiger partial charge in [-0.05, 0) is 59.4 Å². The number of oxime groups is 1. The second-order valence-corrected chi connectivity index (χ2v) is 10.3. The van der Waals surface area contributed by atoms with Crippen molar-refractivity contribution in [2.45, 2.75) is 31.2 Å². The fourth-order valence-electron chi connectivity index (χ4n) is 3.98. The average molecular weight is 494 g/mol. The summed E-state index contributed by atoms with van der Waals surface area (Å²) in [6, 6.07) is 20.4. The summed E-state index contributed by atoms with van der Waals surface area (Å²) in [5.74, 6) is 0.340. The molecule has 35 heavy (non-hydrogen) atoms. The van der Waals surface area contributed by atoms with Crippen molar-refractivity contribution >= 4 is 32.7 Å². The number of urea groups is 1. The fraction of sp³-hybridized carbons (Fsp3) is 0.280. The van der Waals surface area contributed by atoms with Crippen molar-refractivity contribution < 1.29 is 18.4 Å². The molecule has 1 aliphatic rings. The van der Waals surface area contributed by atoms with Crippen molar-refractivity contribution in [2.24, 2.45) is 16.8 Å². The predicted molar refractivity (Wildman–Crippen MR) is 132 cm³/mol. The standard InChI is InChI=1S/C25H27N5O4S/c1-18-11-13-29(14-12-18)25(31)30(17-19-5-4-8-22(15-19)24(26)27-32)28-35(33,34)23-10-9-20-6-2-3-7-21(20)16-23/h2-3,5-7,9-10,15-16,18,28,32H,11-14,17H2,1H3,(H2,26,27). The second kappa shape index (κ2) is 10.2. The highest BCUT2D eigenvalue weighted by Crippen LogP contribution is 2.21. The third kappa shape index (κ3) is 5.65. The Bertz CT molecular complexity index is 1350. The molecule has 0 aromatic heterocycles. The van der Waals surface area contributed by atoms with Crippen molar-refractivity contribution in [1.29, 1.82) is 0 Å². The largest absolute Gasteiger partial charge is 0.409 e. The van der Waals surface area contributed by atoms with Gasteiger partial charge >= 0.3 is 6.03 Å². The van der Waals surface area contributed by atoms with Crippen LogP contribution in [0.25, 0.3) is 10.8 Å². The fourth-order valence-corrected chi connectivity index (χ4v) is 5.04. The van der Waals surface area contributed by atoms with Crippen molar-refractivity contribution in [3.63, 3.8) is 0 Å². The minimum atomic E-state index is -4.07. The maximum absolute atomic E-state index is 13.4. The van der Waals surface area contributed by atoms with E-state index in [1.807, 2.05) is 24.3 Å². The molecule has 0 spiro atoms. The van der Waals surface area contributed by atoms with Gasteiger partial charge in [-0.3, -0.25) is 0 Å². The number of hydrazine groups is 1. The van der Waals surface area contributed by atoms with Crippen LogP contribution in [0.4, 0.5) is 4.79 Å². The van der Waals surface area contributed by atoms with Gasteiger partial charge < -0.3 is 15.8 Å². The average Bonchev–Trinajstić information content (AvgIpc) is 2.87. The van der Waals surface area contributed by atoms with Gasteiger partial charge in [0.15, 0.2) is 5.84 Å². The van der Waals surface area contributed by atoms with Crippen LogP contribution >= 0.6 is 0 Å². The number of hydrogen-bond donors (Lipinski definition) is 3. The minimum absolute atomic E-state index is 0.0478. The third-order valence-electron chi connectivity index (χ3n) is 6.07. The van der Waals surface area contributed by atoms with E-state index in [4.69, 9.17) is 10.9 Å². The number of sulfonamides is 1. The van der Waals surface area contributed by atoms with E-state index in [0.29, 0.717) is 24.6 Å². The monoisotopic (exact) mass is 493 g/mol. The summed E-state index contributed by atoms with van der Waals surface area (Å²) in [6.07, 6.45) is 1.69. The number of nitrogens with zero attached hydrogens (tertiary/aromatic N) is 3. The van der Waals surface area contributed by atoms with Gasteiger partial charge in [0.2, 0.25) is 0 Å². The zero-order valence-corrected chi connectivity index (χ0v) is 20.1. The number of nitrogens with two attached hydrogens (primary N) is 1. The molecule has 2 amide bonds. The zero-order chi connectivity index (χ0) is 25.0. The zero-order valence-electron chi connectivity index (χ0n) is 19.3. The Morgan fingerprint density at radius 1 is 1.20 bits per heavy atom. The quantitative estimate of drug-likeness (QED) is 0.210. The van der Waals surface area contributed by atoms with E-state index in [-0.39, 0.29) is 22.8 Å². The van der Waals surface area contributed by atoms with E-state index in [0.717, 1.165) is 28.6 Å². The van der Waals surface area contributed by atoms with Gasteiger partial charge in [0.1, 0.15) is 0 Å². The van der Waals surface area contributed by atoms with Gasteiger partial charge in [-0.1, -0.05) is 54.5 Å². The van der Waals surface area contributed by atoms with Crippen LogP contribution in [-0.4, -0.2) is 48.5 Å². The van der Waals surface area contributed by atoms with Crippen LogP contribution in [0.2, 0.25) is 0 Å². The minimum Gasteiger partial charge on any atom is -0.409 e. The van der Waals surface area contributed by atoms with Gasteiger partial charge in [0.05, 0.1) is 17.0 Å². The highest BCUT2D eigenvalue weighted by molar-refractivity contribution is 7.89. The molecule has 0 radical (unpaired) electrons. The van der Waals surface area contributed by atoms with Crippen LogP contribution in [0.3, 0.4) is 0 Å². The summed E-state index contributed by atoms with van der Waals surface area (Å²) in [4.78, 5) is 17.6. The molecular weight excluding hydrogens is 466 g/mol. The van der Waals surface area contributed by atoms with E-state index in [2.05, 4.69) is 29.0 Å². The number of piperidine rings is 1. The second-order valence-electron chi connectivity index (χ2n) is 8.67. The van der Waals surface area contributed by atoms with E-state index in [9.17, 15) is 13.2 Å². The maximum Gasteiger partial charge on any atom is 0.335 e. The summed E-state index contributed by atoms with van der Waals surface area (Å²) in [5.41, 5.74) is 6.47. The maximum atomic E-state index is 13.4. The molecule has 3 aromatic carbocycles. The Hall–Kier alpha value is -3.81. The van der Waals surface area contributed by atoms with Crippen LogP contribution in [-0.2, 0) is 16.6 Å². The topological polar surface area (TPSA) is 128 Å². The molecule has 3 aromatic rings.